The molecule has 1 fully saturated rings. The summed E-state index contributed by atoms with van der Waals surface area (Å²) < 4.78 is 0. The second-order valence-corrected chi connectivity index (χ2v) is 4.21. The molecule has 1 saturated heterocycles. The van der Waals surface area contributed by atoms with E-state index in [0.717, 1.165) is 13.1 Å². The van der Waals surface area contributed by atoms with Gasteiger partial charge in [0.15, 0.2) is 0 Å². The van der Waals surface area contributed by atoms with E-state index >= 15 is 0 Å². The number of H-pyrrole nitrogens is 1. The third-order valence-corrected chi connectivity index (χ3v) is 2.98. The fourth-order valence-corrected chi connectivity index (χ4v) is 1.82. The minimum atomic E-state index is -0.115. The molecule has 0 bridgehead atoms. The normalized spacial score (nSPS) is 25.9. The molecule has 15 heavy (non-hydrogen) atoms. The number of nitrogens with zero attached hydrogens (tertiary/aromatic N) is 3. The second kappa shape index (κ2) is 3.52. The number of carbonyl (C=O) groups excluding carboxylic acids is 1. The minimum Gasteiger partial charge on any atom is -0.366 e. The quantitative estimate of drug-likeness (QED) is 0.687. The van der Waals surface area contributed by atoms with Crippen molar-refractivity contribution in [2.24, 2.45) is 11.8 Å². The van der Waals surface area contributed by atoms with E-state index < -0.39 is 0 Å². The molecule has 1 aromatic rings. The molecule has 1 amide bonds. The summed E-state index contributed by atoms with van der Waals surface area (Å²) in [6.07, 6.45) is 0. The van der Waals surface area contributed by atoms with Gasteiger partial charge in [0.05, 0.1) is 0 Å². The van der Waals surface area contributed by atoms with E-state index in [-0.39, 0.29) is 17.7 Å². The Morgan fingerprint density at radius 1 is 1.47 bits per heavy atom. The van der Waals surface area contributed by atoms with Crippen LogP contribution >= 0.6 is 0 Å². The molecule has 0 aromatic carbocycles. The van der Waals surface area contributed by atoms with Crippen molar-refractivity contribution in [2.75, 3.05) is 18.8 Å². The van der Waals surface area contributed by atoms with E-state index in [4.69, 9.17) is 5.73 Å². The van der Waals surface area contributed by atoms with Crippen LogP contribution in [0.5, 0.6) is 0 Å². The maximum absolute atomic E-state index is 11.9. The van der Waals surface area contributed by atoms with Gasteiger partial charge in [-0.2, -0.15) is 4.98 Å². The van der Waals surface area contributed by atoms with Crippen LogP contribution in [0.15, 0.2) is 0 Å². The highest BCUT2D eigenvalue weighted by atomic mass is 16.2. The van der Waals surface area contributed by atoms with Gasteiger partial charge in [0, 0.05) is 13.1 Å². The first-order valence-corrected chi connectivity index (χ1v) is 5.05. The van der Waals surface area contributed by atoms with Crippen LogP contribution < -0.4 is 5.73 Å². The zero-order valence-corrected chi connectivity index (χ0v) is 8.90. The number of anilines is 1. The minimum absolute atomic E-state index is 0.110. The first-order chi connectivity index (χ1) is 7.08. The molecule has 2 atom stereocenters. The SMILES string of the molecule is CC1CN(C(=O)c2nc(N)n[nH]2)CC1C. The molecule has 3 N–H and O–H groups in total. The molecule has 2 unspecified atom stereocenters. The molecule has 6 nitrogen and oxygen atoms in total. The molecule has 2 rings (SSSR count). The molecule has 1 aliphatic rings. The number of hydrogen-bond donors (Lipinski definition) is 2. The fraction of sp³-hybridized carbons (Fsp3) is 0.667. The van der Waals surface area contributed by atoms with Gasteiger partial charge in [-0.3, -0.25) is 9.89 Å². The van der Waals surface area contributed by atoms with Gasteiger partial charge in [0.25, 0.3) is 5.91 Å². The van der Waals surface area contributed by atoms with E-state index in [9.17, 15) is 4.79 Å². The summed E-state index contributed by atoms with van der Waals surface area (Å²) in [5.74, 6) is 1.30. The summed E-state index contributed by atoms with van der Waals surface area (Å²) in [4.78, 5) is 17.5. The molecule has 1 aliphatic heterocycles. The Bertz CT molecular complexity index is 364. The predicted molar refractivity (Wildman–Crippen MR) is 55.0 cm³/mol. The number of hydrogen-bond acceptors (Lipinski definition) is 4. The van der Waals surface area contributed by atoms with Gasteiger partial charge in [0.2, 0.25) is 11.8 Å². The number of amides is 1. The topological polar surface area (TPSA) is 87.9 Å². The van der Waals surface area contributed by atoms with Gasteiger partial charge in [-0.15, -0.1) is 5.10 Å². The van der Waals surface area contributed by atoms with Crippen molar-refractivity contribution in [1.82, 2.24) is 20.1 Å². The van der Waals surface area contributed by atoms with E-state index in [0.29, 0.717) is 11.8 Å². The van der Waals surface area contributed by atoms with E-state index in [1.807, 2.05) is 0 Å². The molecule has 0 radical (unpaired) electrons. The van der Waals surface area contributed by atoms with Crippen LogP contribution in [0.3, 0.4) is 0 Å². The average molecular weight is 209 g/mol. The summed E-state index contributed by atoms with van der Waals surface area (Å²) in [6.45, 7) is 5.85. The molecule has 0 aliphatic carbocycles. The lowest BCUT2D eigenvalue weighted by atomic mass is 10.0. The highest BCUT2D eigenvalue weighted by Crippen LogP contribution is 2.22. The summed E-state index contributed by atoms with van der Waals surface area (Å²) in [5.41, 5.74) is 5.35. The summed E-state index contributed by atoms with van der Waals surface area (Å²) >= 11 is 0. The van der Waals surface area contributed by atoms with Crippen molar-refractivity contribution in [3.05, 3.63) is 5.82 Å². The predicted octanol–water partition coefficient (Wildman–Crippen LogP) is 0.115. The lowest BCUT2D eigenvalue weighted by Crippen LogP contribution is -2.29. The van der Waals surface area contributed by atoms with Crippen LogP contribution in [-0.2, 0) is 0 Å². The number of nitrogens with one attached hydrogen (secondary N) is 1. The molecule has 82 valence electrons. The van der Waals surface area contributed by atoms with Crippen LogP contribution in [-0.4, -0.2) is 39.1 Å². The number of nitrogens with two attached hydrogens (primary N) is 1. The number of nitrogen functional groups attached to an aromatic ring is 1. The highest BCUT2D eigenvalue weighted by molar-refractivity contribution is 5.90. The van der Waals surface area contributed by atoms with Gasteiger partial charge in [-0.05, 0) is 11.8 Å². The smallest absolute Gasteiger partial charge is 0.291 e. The Morgan fingerprint density at radius 2 is 2.07 bits per heavy atom. The Kier molecular flexibility index (Phi) is 2.34. The number of rotatable bonds is 1. The third-order valence-electron chi connectivity index (χ3n) is 2.98. The van der Waals surface area contributed by atoms with Crippen LogP contribution in [0, 0.1) is 11.8 Å². The number of carbonyl (C=O) groups is 1. The second-order valence-electron chi connectivity index (χ2n) is 4.21. The lowest BCUT2D eigenvalue weighted by Gasteiger charge is -2.13. The lowest BCUT2D eigenvalue weighted by molar-refractivity contribution is 0.0773. The standard InChI is InChI=1S/C9H15N5O/c1-5-3-14(4-6(5)2)8(15)7-11-9(10)13-12-7/h5-6H,3-4H2,1-2H3,(H3,10,11,12,13). The number of aromatic amines is 1. The fourth-order valence-electron chi connectivity index (χ4n) is 1.82. The first-order valence-electron chi connectivity index (χ1n) is 5.05. The Balaban J connectivity index is 2.10. The van der Waals surface area contributed by atoms with Gasteiger partial charge in [0.1, 0.15) is 0 Å². The average Bonchev–Trinajstić information content (AvgIpc) is 2.74. The Morgan fingerprint density at radius 3 is 2.53 bits per heavy atom. The van der Waals surface area contributed by atoms with Crippen LogP contribution in [0.4, 0.5) is 5.95 Å². The van der Waals surface area contributed by atoms with Crippen molar-refractivity contribution in [3.8, 4) is 0 Å². The molecular formula is C9H15N5O. The molecular weight excluding hydrogens is 194 g/mol. The summed E-state index contributed by atoms with van der Waals surface area (Å²) in [7, 11) is 0. The molecule has 0 saturated carbocycles. The number of likely N-dealkylation sites (tertiary alicyclic amines) is 1. The monoisotopic (exact) mass is 209 g/mol. The first kappa shape index (κ1) is 9.95. The third kappa shape index (κ3) is 1.79. The maximum atomic E-state index is 11.9. The maximum Gasteiger partial charge on any atom is 0.291 e. The van der Waals surface area contributed by atoms with Gasteiger partial charge in [-0.25, -0.2) is 0 Å². The van der Waals surface area contributed by atoms with Crippen molar-refractivity contribution in [2.45, 2.75) is 13.8 Å². The van der Waals surface area contributed by atoms with E-state index in [1.54, 1.807) is 4.90 Å². The highest BCUT2D eigenvalue weighted by Gasteiger charge is 2.31. The summed E-state index contributed by atoms with van der Waals surface area (Å²) in [5, 5.41) is 6.18. The van der Waals surface area contributed by atoms with E-state index in [2.05, 4.69) is 29.0 Å². The van der Waals surface area contributed by atoms with Gasteiger partial charge >= 0.3 is 0 Å². The van der Waals surface area contributed by atoms with Crippen LogP contribution in [0.25, 0.3) is 0 Å². The molecule has 1 aromatic heterocycles. The van der Waals surface area contributed by atoms with Gasteiger partial charge < -0.3 is 10.6 Å². The van der Waals surface area contributed by atoms with Crippen molar-refractivity contribution < 1.29 is 4.79 Å². The molecule has 0 spiro atoms. The zero-order chi connectivity index (χ0) is 11.0. The van der Waals surface area contributed by atoms with Crippen molar-refractivity contribution in [3.63, 3.8) is 0 Å². The van der Waals surface area contributed by atoms with Gasteiger partial charge in [-0.1, -0.05) is 13.8 Å². The van der Waals surface area contributed by atoms with Crippen molar-refractivity contribution >= 4 is 11.9 Å². The Hall–Kier alpha value is -1.59. The molecule has 2 heterocycles. The number of aromatic nitrogens is 3. The van der Waals surface area contributed by atoms with Crippen LogP contribution in [0.2, 0.25) is 0 Å². The zero-order valence-electron chi connectivity index (χ0n) is 8.90. The van der Waals surface area contributed by atoms with Crippen molar-refractivity contribution in [1.29, 1.82) is 0 Å². The summed E-state index contributed by atoms with van der Waals surface area (Å²) in [6, 6.07) is 0. The molecule has 6 heteroatoms. The van der Waals surface area contributed by atoms with E-state index in [1.165, 1.54) is 0 Å². The van der Waals surface area contributed by atoms with Crippen LogP contribution in [0.1, 0.15) is 24.5 Å². The Labute approximate surface area is 87.9 Å². The largest absolute Gasteiger partial charge is 0.366 e.